The van der Waals surface area contributed by atoms with E-state index in [1.165, 1.54) is 0 Å². The molecule has 0 aliphatic carbocycles. The van der Waals surface area contributed by atoms with Gasteiger partial charge in [-0.15, -0.1) is 0 Å². The fraction of sp³-hybridized carbons (Fsp3) is 1.00. The zero-order valence-electron chi connectivity index (χ0n) is 10.3. The van der Waals surface area contributed by atoms with Crippen LogP contribution in [0.15, 0.2) is 0 Å². The van der Waals surface area contributed by atoms with E-state index in [2.05, 4.69) is 19.0 Å². The minimum atomic E-state index is -0.199. The number of hydrogen-bond donors (Lipinski definition) is 2. The summed E-state index contributed by atoms with van der Waals surface area (Å²) < 4.78 is 0. The Kier molecular flexibility index (Phi) is 12.7. The lowest BCUT2D eigenvalue weighted by Crippen LogP contribution is -2.22. The van der Waals surface area contributed by atoms with Crippen LogP contribution in [0.4, 0.5) is 0 Å². The number of nitrogens with zero attached hydrogens (tertiary/aromatic N) is 2. The Labute approximate surface area is 88.7 Å². The molecule has 0 saturated heterocycles. The molecule has 0 rings (SSSR count). The molecule has 0 radical (unpaired) electrons. The molecule has 0 heterocycles. The van der Waals surface area contributed by atoms with Crippen molar-refractivity contribution >= 4 is 0 Å². The highest BCUT2D eigenvalue weighted by atomic mass is 16.3. The van der Waals surface area contributed by atoms with Crippen LogP contribution in [0.1, 0.15) is 13.3 Å². The lowest BCUT2D eigenvalue weighted by Gasteiger charge is -2.10. The van der Waals surface area contributed by atoms with Crippen molar-refractivity contribution in [1.82, 2.24) is 9.80 Å². The normalized spacial score (nSPS) is 12.6. The molecule has 0 aromatic carbocycles. The largest absolute Gasteiger partial charge is 0.392 e. The number of nitrogens with two attached hydrogens (primary N) is 1. The average Bonchev–Trinajstić information content (AvgIpc) is 1.99. The summed E-state index contributed by atoms with van der Waals surface area (Å²) >= 11 is 0. The first-order chi connectivity index (χ1) is 6.40. The first kappa shape index (κ1) is 16.3. The Morgan fingerprint density at radius 2 is 1.64 bits per heavy atom. The molecule has 0 aliphatic heterocycles. The second-order valence-electron chi connectivity index (χ2n) is 4.06. The second kappa shape index (κ2) is 10.9. The molecular weight excluding hydrogens is 178 g/mol. The standard InChI is InChI=1S/C5H14N2.C5H13NO/c1-7(2)5-3-4-6;1-5(7)4-6(2)3/h3-6H2,1-2H3;5,7H,4H2,1-3H3. The number of rotatable bonds is 5. The van der Waals surface area contributed by atoms with Crippen LogP contribution in [0.5, 0.6) is 0 Å². The van der Waals surface area contributed by atoms with Gasteiger partial charge in [0.05, 0.1) is 6.10 Å². The fourth-order valence-corrected chi connectivity index (χ4v) is 0.936. The van der Waals surface area contributed by atoms with Crippen molar-refractivity contribution < 1.29 is 5.11 Å². The smallest absolute Gasteiger partial charge is 0.0638 e. The van der Waals surface area contributed by atoms with Crippen LogP contribution in [-0.2, 0) is 0 Å². The van der Waals surface area contributed by atoms with Gasteiger partial charge in [-0.05, 0) is 54.6 Å². The van der Waals surface area contributed by atoms with Gasteiger partial charge >= 0.3 is 0 Å². The summed E-state index contributed by atoms with van der Waals surface area (Å²) in [4.78, 5) is 4.08. The van der Waals surface area contributed by atoms with E-state index in [9.17, 15) is 0 Å². The van der Waals surface area contributed by atoms with E-state index in [0.29, 0.717) is 0 Å². The van der Waals surface area contributed by atoms with E-state index in [0.717, 1.165) is 26.1 Å². The molecule has 0 saturated carbocycles. The van der Waals surface area contributed by atoms with Gasteiger partial charge in [-0.3, -0.25) is 0 Å². The van der Waals surface area contributed by atoms with Crippen LogP contribution in [0.3, 0.4) is 0 Å². The summed E-state index contributed by atoms with van der Waals surface area (Å²) in [5.41, 5.74) is 5.25. The third-order valence-electron chi connectivity index (χ3n) is 1.44. The predicted molar refractivity (Wildman–Crippen MR) is 62.5 cm³/mol. The number of likely N-dealkylation sites (N-methyl/N-ethyl adjacent to an activating group) is 1. The minimum absolute atomic E-state index is 0.199. The molecule has 88 valence electrons. The summed E-state index contributed by atoms with van der Waals surface area (Å²) in [5.74, 6) is 0. The van der Waals surface area contributed by atoms with E-state index < -0.39 is 0 Å². The van der Waals surface area contributed by atoms with Gasteiger partial charge in [0.1, 0.15) is 0 Å². The van der Waals surface area contributed by atoms with Crippen LogP contribution in [-0.4, -0.2) is 68.8 Å². The predicted octanol–water partition coefficient (Wildman–Crippen LogP) is -0.174. The highest BCUT2D eigenvalue weighted by molar-refractivity contribution is 4.48. The number of aliphatic hydroxyl groups excluding tert-OH is 1. The van der Waals surface area contributed by atoms with E-state index in [-0.39, 0.29) is 6.10 Å². The van der Waals surface area contributed by atoms with E-state index >= 15 is 0 Å². The Morgan fingerprint density at radius 3 is 1.71 bits per heavy atom. The minimum Gasteiger partial charge on any atom is -0.392 e. The first-order valence-electron chi connectivity index (χ1n) is 5.07. The zero-order chi connectivity index (χ0) is 11.6. The summed E-state index contributed by atoms with van der Waals surface area (Å²) in [6.07, 6.45) is 0.905. The van der Waals surface area contributed by atoms with E-state index in [1.807, 2.05) is 19.0 Å². The molecule has 0 amide bonds. The fourth-order valence-electron chi connectivity index (χ4n) is 0.936. The maximum absolute atomic E-state index is 8.68. The van der Waals surface area contributed by atoms with Crippen molar-refractivity contribution in [2.45, 2.75) is 19.4 Å². The van der Waals surface area contributed by atoms with Crippen molar-refractivity contribution in [2.24, 2.45) is 5.73 Å². The Bertz CT molecular complexity index is 99.5. The Hall–Kier alpha value is -0.160. The molecule has 14 heavy (non-hydrogen) atoms. The van der Waals surface area contributed by atoms with Gasteiger partial charge < -0.3 is 20.6 Å². The van der Waals surface area contributed by atoms with Crippen LogP contribution >= 0.6 is 0 Å². The molecule has 0 spiro atoms. The van der Waals surface area contributed by atoms with E-state index in [1.54, 1.807) is 6.92 Å². The molecule has 0 fully saturated rings. The number of aliphatic hydroxyl groups is 1. The van der Waals surface area contributed by atoms with Crippen LogP contribution in [0.25, 0.3) is 0 Å². The van der Waals surface area contributed by atoms with Crippen LogP contribution in [0.2, 0.25) is 0 Å². The average molecular weight is 205 g/mol. The lowest BCUT2D eigenvalue weighted by atomic mass is 10.4. The van der Waals surface area contributed by atoms with Crippen molar-refractivity contribution in [2.75, 3.05) is 47.8 Å². The molecule has 1 atom stereocenters. The van der Waals surface area contributed by atoms with Gasteiger partial charge in [0.15, 0.2) is 0 Å². The molecule has 0 aliphatic rings. The first-order valence-corrected chi connectivity index (χ1v) is 5.07. The third kappa shape index (κ3) is 22.6. The van der Waals surface area contributed by atoms with Crippen LogP contribution in [0, 0.1) is 0 Å². The molecular formula is C10H27N3O. The maximum Gasteiger partial charge on any atom is 0.0638 e. The van der Waals surface area contributed by atoms with Gasteiger partial charge in [-0.1, -0.05) is 0 Å². The quantitative estimate of drug-likeness (QED) is 0.654. The Morgan fingerprint density at radius 1 is 1.14 bits per heavy atom. The van der Waals surface area contributed by atoms with Gasteiger partial charge in [0.25, 0.3) is 0 Å². The molecule has 1 unspecified atom stereocenters. The molecule has 0 aromatic heterocycles. The SMILES string of the molecule is CC(O)CN(C)C.CN(C)CCCN. The highest BCUT2D eigenvalue weighted by Crippen LogP contribution is 1.80. The van der Waals surface area contributed by atoms with Crippen molar-refractivity contribution in [3.63, 3.8) is 0 Å². The number of hydrogen-bond acceptors (Lipinski definition) is 4. The monoisotopic (exact) mass is 205 g/mol. The van der Waals surface area contributed by atoms with Gasteiger partial charge in [-0.25, -0.2) is 0 Å². The van der Waals surface area contributed by atoms with Crippen molar-refractivity contribution in [3.8, 4) is 0 Å². The van der Waals surface area contributed by atoms with Gasteiger partial charge in [0.2, 0.25) is 0 Å². The summed E-state index contributed by atoms with van der Waals surface area (Å²) in [6.45, 7) is 4.44. The summed E-state index contributed by atoms with van der Waals surface area (Å²) in [6, 6.07) is 0. The topological polar surface area (TPSA) is 52.7 Å². The molecule has 3 N–H and O–H groups in total. The van der Waals surface area contributed by atoms with Gasteiger partial charge in [-0.2, -0.15) is 0 Å². The zero-order valence-corrected chi connectivity index (χ0v) is 10.3. The van der Waals surface area contributed by atoms with Gasteiger partial charge in [0, 0.05) is 6.54 Å². The maximum atomic E-state index is 8.68. The third-order valence-corrected chi connectivity index (χ3v) is 1.44. The molecule has 4 heteroatoms. The summed E-state index contributed by atoms with van der Waals surface area (Å²) in [7, 11) is 7.98. The van der Waals surface area contributed by atoms with E-state index in [4.69, 9.17) is 10.8 Å². The highest BCUT2D eigenvalue weighted by Gasteiger charge is 1.93. The van der Waals surface area contributed by atoms with Crippen LogP contribution < -0.4 is 5.73 Å². The molecule has 4 nitrogen and oxygen atoms in total. The molecule has 0 aromatic rings. The lowest BCUT2D eigenvalue weighted by molar-refractivity contribution is 0.154. The summed E-state index contributed by atoms with van der Waals surface area (Å²) in [5, 5.41) is 8.68. The Balaban J connectivity index is 0. The van der Waals surface area contributed by atoms with Crippen molar-refractivity contribution in [1.29, 1.82) is 0 Å². The second-order valence-corrected chi connectivity index (χ2v) is 4.06. The molecule has 0 bridgehead atoms. The van der Waals surface area contributed by atoms with Crippen molar-refractivity contribution in [3.05, 3.63) is 0 Å².